The third-order valence-electron chi connectivity index (χ3n) is 2.34. The van der Waals surface area contributed by atoms with E-state index in [1.54, 1.807) is 0 Å². The van der Waals surface area contributed by atoms with E-state index in [1.165, 1.54) is 12.1 Å². The van der Waals surface area contributed by atoms with Gasteiger partial charge in [-0.15, -0.1) is 0 Å². The minimum absolute atomic E-state index is 0.0274. The molecule has 0 spiro atoms. The molecule has 0 saturated heterocycles. The Balaban J connectivity index is 2.75. The predicted molar refractivity (Wildman–Crippen MR) is 64.0 cm³/mol. The third-order valence-corrected chi connectivity index (χ3v) is 2.64. The van der Waals surface area contributed by atoms with Crippen LogP contribution in [0.3, 0.4) is 0 Å². The van der Waals surface area contributed by atoms with E-state index in [0.29, 0.717) is 0 Å². The second-order valence-electron chi connectivity index (χ2n) is 3.50. The maximum Gasteiger partial charge on any atom is 0.337 e. The van der Waals surface area contributed by atoms with Gasteiger partial charge < -0.3 is 5.11 Å². The summed E-state index contributed by atoms with van der Waals surface area (Å²) in [5.74, 6) is -1.91. The average molecular weight is 268 g/mol. The van der Waals surface area contributed by atoms with Crippen LogP contribution in [0.15, 0.2) is 41.3 Å². The molecule has 0 aliphatic carbocycles. The molecular weight excluding hydrogens is 261 g/mol. The van der Waals surface area contributed by atoms with Gasteiger partial charge in [-0.3, -0.25) is 9.36 Å². The average Bonchev–Trinajstić information content (AvgIpc) is 2.30. The van der Waals surface area contributed by atoms with Crippen LogP contribution in [0.25, 0.3) is 5.69 Å². The van der Waals surface area contributed by atoms with Crippen LogP contribution in [0.2, 0.25) is 5.02 Å². The zero-order valence-electron chi connectivity index (χ0n) is 8.93. The summed E-state index contributed by atoms with van der Waals surface area (Å²) in [6.07, 6.45) is 1.04. The first-order chi connectivity index (χ1) is 8.50. The highest BCUT2D eigenvalue weighted by Crippen LogP contribution is 2.22. The predicted octanol–water partition coefficient (Wildman–Crippen LogP) is 2.33. The maximum absolute atomic E-state index is 13.7. The maximum atomic E-state index is 13.7. The second-order valence-corrected chi connectivity index (χ2v) is 3.91. The number of carboxylic acids is 1. The van der Waals surface area contributed by atoms with Gasteiger partial charge in [0.15, 0.2) is 0 Å². The summed E-state index contributed by atoms with van der Waals surface area (Å²) >= 11 is 5.82. The minimum Gasteiger partial charge on any atom is -0.478 e. The lowest BCUT2D eigenvalue weighted by molar-refractivity contribution is 0.0696. The number of carboxylic acid groups (broad SMARTS) is 1. The Morgan fingerprint density at radius 2 is 2.00 bits per heavy atom. The first kappa shape index (κ1) is 12.3. The molecule has 2 rings (SSSR count). The fourth-order valence-corrected chi connectivity index (χ4v) is 1.76. The number of pyridine rings is 1. The van der Waals surface area contributed by atoms with E-state index in [-0.39, 0.29) is 16.3 Å². The summed E-state index contributed by atoms with van der Waals surface area (Å²) in [6.45, 7) is 0. The van der Waals surface area contributed by atoms with Crippen molar-refractivity contribution >= 4 is 17.6 Å². The lowest BCUT2D eigenvalue weighted by Crippen LogP contribution is -2.19. The van der Waals surface area contributed by atoms with Crippen molar-refractivity contribution in [1.82, 2.24) is 4.57 Å². The number of nitrogens with zero attached hydrogens (tertiary/aromatic N) is 1. The Hall–Kier alpha value is -2.14. The highest BCUT2D eigenvalue weighted by Gasteiger charge is 2.12. The number of carbonyl (C=O) groups is 1. The lowest BCUT2D eigenvalue weighted by atomic mass is 10.2. The number of rotatable bonds is 2. The molecule has 1 N–H and O–H groups in total. The molecule has 0 radical (unpaired) electrons. The van der Waals surface area contributed by atoms with Crippen LogP contribution in [-0.2, 0) is 0 Å². The normalized spacial score (nSPS) is 10.3. The second kappa shape index (κ2) is 4.62. The Bertz CT molecular complexity index is 661. The van der Waals surface area contributed by atoms with Gasteiger partial charge in [-0.1, -0.05) is 17.7 Å². The lowest BCUT2D eigenvalue weighted by Gasteiger charge is -2.09. The van der Waals surface area contributed by atoms with Gasteiger partial charge in [0, 0.05) is 12.3 Å². The monoisotopic (exact) mass is 267 g/mol. The molecule has 6 heteroatoms. The van der Waals surface area contributed by atoms with E-state index < -0.39 is 17.3 Å². The zero-order valence-corrected chi connectivity index (χ0v) is 9.69. The highest BCUT2D eigenvalue weighted by molar-refractivity contribution is 6.32. The number of aromatic carboxylic acids is 1. The van der Waals surface area contributed by atoms with Crippen molar-refractivity contribution in [3.63, 3.8) is 0 Å². The minimum atomic E-state index is -1.21. The molecule has 0 aliphatic rings. The summed E-state index contributed by atoms with van der Waals surface area (Å²) < 4.78 is 14.5. The quantitative estimate of drug-likeness (QED) is 0.908. The van der Waals surface area contributed by atoms with Crippen LogP contribution in [-0.4, -0.2) is 15.6 Å². The molecule has 2 aromatic rings. The third kappa shape index (κ3) is 2.12. The first-order valence-corrected chi connectivity index (χ1v) is 5.29. The molecule has 1 heterocycles. The summed E-state index contributed by atoms with van der Waals surface area (Å²) in [5.41, 5.74) is -0.854. The standard InChI is InChI=1S/C12H7ClFNO3/c13-8-2-1-3-9(14)11(8)15-6-7(12(17)18)4-5-10(15)16/h1-6H,(H,17,18). The van der Waals surface area contributed by atoms with Crippen molar-refractivity contribution in [3.05, 3.63) is 63.3 Å². The number of halogens is 2. The van der Waals surface area contributed by atoms with Gasteiger partial charge in [-0.2, -0.15) is 0 Å². The Labute approximate surface area is 106 Å². The molecule has 0 atom stereocenters. The van der Waals surface area contributed by atoms with Gasteiger partial charge in [0.1, 0.15) is 11.5 Å². The molecule has 18 heavy (non-hydrogen) atoms. The SMILES string of the molecule is O=C(O)c1ccc(=O)n(-c2c(F)cccc2Cl)c1. The molecule has 1 aromatic heterocycles. The number of aromatic nitrogens is 1. The van der Waals surface area contributed by atoms with Gasteiger partial charge in [-0.05, 0) is 18.2 Å². The van der Waals surface area contributed by atoms with E-state index in [1.807, 2.05) is 0 Å². The molecule has 1 aromatic carbocycles. The largest absolute Gasteiger partial charge is 0.478 e. The number of hydrogen-bond donors (Lipinski definition) is 1. The summed E-state index contributed by atoms with van der Waals surface area (Å²) in [7, 11) is 0. The van der Waals surface area contributed by atoms with Crippen LogP contribution < -0.4 is 5.56 Å². The fraction of sp³-hybridized carbons (Fsp3) is 0. The van der Waals surface area contributed by atoms with Crippen LogP contribution in [0.1, 0.15) is 10.4 Å². The topological polar surface area (TPSA) is 59.3 Å². The Kier molecular flexibility index (Phi) is 3.16. The molecule has 4 nitrogen and oxygen atoms in total. The van der Waals surface area contributed by atoms with Gasteiger partial charge in [0.2, 0.25) is 0 Å². The number of hydrogen-bond acceptors (Lipinski definition) is 2. The van der Waals surface area contributed by atoms with Gasteiger partial charge in [0.05, 0.1) is 10.6 Å². The summed E-state index contributed by atoms with van der Waals surface area (Å²) in [6, 6.07) is 6.15. The molecule has 0 bridgehead atoms. The van der Waals surface area contributed by atoms with Crippen molar-refractivity contribution in [2.24, 2.45) is 0 Å². The smallest absolute Gasteiger partial charge is 0.337 e. The van der Waals surface area contributed by atoms with Crippen molar-refractivity contribution < 1.29 is 14.3 Å². The van der Waals surface area contributed by atoms with Crippen LogP contribution in [0.4, 0.5) is 4.39 Å². The van der Waals surface area contributed by atoms with Crippen LogP contribution >= 0.6 is 11.6 Å². The number of para-hydroxylation sites is 1. The molecule has 0 aliphatic heterocycles. The summed E-state index contributed by atoms with van der Waals surface area (Å²) in [5, 5.41) is 8.87. The van der Waals surface area contributed by atoms with E-state index in [0.717, 1.165) is 29.0 Å². The molecule has 92 valence electrons. The molecule has 0 fully saturated rings. The van der Waals surface area contributed by atoms with Crippen molar-refractivity contribution in [2.45, 2.75) is 0 Å². The van der Waals surface area contributed by atoms with E-state index in [9.17, 15) is 14.0 Å². The van der Waals surface area contributed by atoms with Crippen molar-refractivity contribution in [3.8, 4) is 5.69 Å². The Morgan fingerprint density at radius 1 is 1.28 bits per heavy atom. The van der Waals surface area contributed by atoms with Crippen LogP contribution in [0, 0.1) is 5.82 Å². The molecular formula is C12H7ClFNO3. The Morgan fingerprint density at radius 3 is 2.61 bits per heavy atom. The van der Waals surface area contributed by atoms with Gasteiger partial charge in [0.25, 0.3) is 5.56 Å². The molecule has 0 amide bonds. The first-order valence-electron chi connectivity index (χ1n) is 4.91. The van der Waals surface area contributed by atoms with Crippen molar-refractivity contribution in [1.29, 1.82) is 0 Å². The van der Waals surface area contributed by atoms with E-state index in [4.69, 9.17) is 16.7 Å². The highest BCUT2D eigenvalue weighted by atomic mass is 35.5. The van der Waals surface area contributed by atoms with Gasteiger partial charge in [-0.25, -0.2) is 9.18 Å². The number of benzene rings is 1. The van der Waals surface area contributed by atoms with E-state index >= 15 is 0 Å². The van der Waals surface area contributed by atoms with Crippen LogP contribution in [0.5, 0.6) is 0 Å². The zero-order chi connectivity index (χ0) is 13.3. The van der Waals surface area contributed by atoms with Crippen molar-refractivity contribution in [2.75, 3.05) is 0 Å². The molecule has 0 unspecified atom stereocenters. The van der Waals surface area contributed by atoms with Gasteiger partial charge >= 0.3 is 5.97 Å². The summed E-state index contributed by atoms with van der Waals surface area (Å²) in [4.78, 5) is 22.5. The molecule has 0 saturated carbocycles. The fourth-order valence-electron chi connectivity index (χ4n) is 1.51. The van der Waals surface area contributed by atoms with E-state index in [2.05, 4.69) is 0 Å².